The second-order valence-corrected chi connectivity index (χ2v) is 7.45. The van der Waals surface area contributed by atoms with Crippen LogP contribution in [0.3, 0.4) is 0 Å². The molecule has 1 fully saturated rings. The predicted molar refractivity (Wildman–Crippen MR) is 84.8 cm³/mol. The van der Waals surface area contributed by atoms with E-state index in [1.807, 2.05) is 11.4 Å². The Kier molecular flexibility index (Phi) is 2.92. The summed E-state index contributed by atoms with van der Waals surface area (Å²) in [5, 5.41) is 6.57. The number of thiophene rings is 1. The molecule has 0 atom stereocenters. The minimum absolute atomic E-state index is 0.371. The van der Waals surface area contributed by atoms with E-state index in [0.717, 1.165) is 22.6 Å². The van der Waals surface area contributed by atoms with Crippen molar-refractivity contribution in [2.24, 2.45) is 22.6 Å². The Hall–Kier alpha value is -1.40. The predicted octanol–water partition coefficient (Wildman–Crippen LogP) is 3.07. The van der Waals surface area contributed by atoms with Gasteiger partial charge in [-0.25, -0.2) is 10.8 Å². The highest BCUT2D eigenvalue weighted by Crippen LogP contribution is 2.68. The molecule has 5 nitrogen and oxygen atoms in total. The maximum Gasteiger partial charge on any atom is 0.240 e. The van der Waals surface area contributed by atoms with Crippen LogP contribution in [0.5, 0.6) is 0 Å². The summed E-state index contributed by atoms with van der Waals surface area (Å²) in [7, 11) is 0. The van der Waals surface area contributed by atoms with E-state index in [0.29, 0.717) is 22.7 Å². The van der Waals surface area contributed by atoms with E-state index >= 15 is 0 Å². The first-order valence-corrected chi connectivity index (χ1v) is 7.71. The Morgan fingerprint density at radius 1 is 1.25 bits per heavy atom. The molecule has 1 aliphatic carbocycles. The molecule has 0 aliphatic heterocycles. The van der Waals surface area contributed by atoms with E-state index in [1.165, 1.54) is 0 Å². The number of fused-ring (bicyclic) bond motifs is 1. The minimum Gasteiger partial charge on any atom is -0.369 e. The molecule has 0 amide bonds. The molecule has 0 saturated heterocycles. The van der Waals surface area contributed by atoms with Gasteiger partial charge in [0.05, 0.1) is 5.39 Å². The number of rotatable bonds is 4. The van der Waals surface area contributed by atoms with Crippen molar-refractivity contribution in [3.63, 3.8) is 0 Å². The lowest BCUT2D eigenvalue weighted by atomic mass is 10.0. The smallest absolute Gasteiger partial charge is 0.240 e. The molecule has 2 aromatic heterocycles. The van der Waals surface area contributed by atoms with Crippen LogP contribution in [0.2, 0.25) is 0 Å². The van der Waals surface area contributed by atoms with Crippen LogP contribution in [-0.4, -0.2) is 16.5 Å². The molecular formula is C14H21N5S. The maximum atomic E-state index is 5.43. The van der Waals surface area contributed by atoms with Gasteiger partial charge < -0.3 is 5.32 Å². The molecule has 0 aromatic carbocycles. The van der Waals surface area contributed by atoms with Crippen LogP contribution < -0.4 is 16.6 Å². The highest BCUT2D eigenvalue weighted by atomic mass is 32.1. The summed E-state index contributed by atoms with van der Waals surface area (Å²) in [6.07, 6.45) is 0. The van der Waals surface area contributed by atoms with Crippen LogP contribution >= 0.6 is 11.3 Å². The third-order valence-corrected chi connectivity index (χ3v) is 6.05. The summed E-state index contributed by atoms with van der Waals surface area (Å²) in [6.45, 7) is 10.2. The first-order chi connectivity index (χ1) is 9.38. The zero-order valence-corrected chi connectivity index (χ0v) is 13.1. The van der Waals surface area contributed by atoms with Gasteiger partial charge in [-0.2, -0.15) is 4.98 Å². The SMILES string of the molecule is CC1(C)C(CNc2nc(NN)nc3sccc23)C1(C)C. The lowest BCUT2D eigenvalue weighted by Crippen LogP contribution is -2.14. The molecule has 0 radical (unpaired) electrons. The molecule has 1 aliphatic rings. The molecule has 4 N–H and O–H groups in total. The molecule has 108 valence electrons. The fourth-order valence-electron chi connectivity index (χ4n) is 3.10. The highest BCUT2D eigenvalue weighted by Gasteiger charge is 2.64. The Morgan fingerprint density at radius 2 is 1.95 bits per heavy atom. The molecule has 0 unspecified atom stereocenters. The van der Waals surface area contributed by atoms with Crippen molar-refractivity contribution in [3.05, 3.63) is 11.4 Å². The summed E-state index contributed by atoms with van der Waals surface area (Å²) in [4.78, 5) is 9.73. The molecule has 2 heterocycles. The van der Waals surface area contributed by atoms with Gasteiger partial charge in [-0.05, 0) is 28.2 Å². The van der Waals surface area contributed by atoms with Gasteiger partial charge in [0.25, 0.3) is 0 Å². The monoisotopic (exact) mass is 291 g/mol. The average molecular weight is 291 g/mol. The van der Waals surface area contributed by atoms with Crippen molar-refractivity contribution in [1.29, 1.82) is 0 Å². The van der Waals surface area contributed by atoms with Crippen LogP contribution in [0.1, 0.15) is 27.7 Å². The standard InChI is InChI=1S/C14H21N5S/c1-13(2)9(14(13,3)4)7-16-10-8-5-6-20-11(8)18-12(17-10)19-15/h5-6,9H,7,15H2,1-4H3,(H2,16,17,18,19). The van der Waals surface area contributed by atoms with Crippen molar-refractivity contribution in [2.45, 2.75) is 27.7 Å². The lowest BCUT2D eigenvalue weighted by Gasteiger charge is -2.09. The van der Waals surface area contributed by atoms with E-state index in [2.05, 4.69) is 48.4 Å². The van der Waals surface area contributed by atoms with E-state index in [4.69, 9.17) is 5.84 Å². The number of hydrazine groups is 1. The number of nitrogens with zero attached hydrogens (tertiary/aromatic N) is 2. The lowest BCUT2D eigenvalue weighted by molar-refractivity contribution is 0.457. The van der Waals surface area contributed by atoms with Gasteiger partial charge in [0.1, 0.15) is 10.6 Å². The van der Waals surface area contributed by atoms with Crippen LogP contribution in [0.25, 0.3) is 10.2 Å². The Balaban J connectivity index is 1.83. The summed E-state index contributed by atoms with van der Waals surface area (Å²) >= 11 is 1.59. The molecule has 3 rings (SSSR count). The Labute approximate surface area is 123 Å². The molecule has 20 heavy (non-hydrogen) atoms. The third-order valence-electron chi connectivity index (χ3n) is 5.25. The first-order valence-electron chi connectivity index (χ1n) is 6.83. The number of hydrogen-bond donors (Lipinski definition) is 3. The van der Waals surface area contributed by atoms with Gasteiger partial charge in [0.2, 0.25) is 5.95 Å². The van der Waals surface area contributed by atoms with Gasteiger partial charge in [-0.3, -0.25) is 5.43 Å². The van der Waals surface area contributed by atoms with Crippen molar-refractivity contribution in [3.8, 4) is 0 Å². The first kappa shape index (κ1) is 13.6. The number of nitrogens with one attached hydrogen (secondary N) is 2. The molecular weight excluding hydrogens is 270 g/mol. The second kappa shape index (κ2) is 4.30. The molecule has 0 spiro atoms. The zero-order chi connectivity index (χ0) is 14.5. The minimum atomic E-state index is 0.371. The summed E-state index contributed by atoms with van der Waals surface area (Å²) in [6, 6.07) is 2.05. The Bertz CT molecular complexity index is 632. The summed E-state index contributed by atoms with van der Waals surface area (Å²) < 4.78 is 0. The number of anilines is 2. The fourth-order valence-corrected chi connectivity index (χ4v) is 3.86. The summed E-state index contributed by atoms with van der Waals surface area (Å²) in [5.41, 5.74) is 3.27. The largest absolute Gasteiger partial charge is 0.369 e. The van der Waals surface area contributed by atoms with E-state index < -0.39 is 0 Å². The van der Waals surface area contributed by atoms with Crippen LogP contribution in [0.4, 0.5) is 11.8 Å². The topological polar surface area (TPSA) is 75.9 Å². The van der Waals surface area contributed by atoms with Gasteiger partial charge in [0.15, 0.2) is 0 Å². The van der Waals surface area contributed by atoms with Gasteiger partial charge >= 0.3 is 0 Å². The average Bonchev–Trinajstić information content (AvgIpc) is 2.76. The van der Waals surface area contributed by atoms with Gasteiger partial charge in [-0.1, -0.05) is 27.7 Å². The molecule has 2 aromatic rings. The van der Waals surface area contributed by atoms with Crippen molar-refractivity contribution < 1.29 is 0 Å². The molecule has 0 bridgehead atoms. The van der Waals surface area contributed by atoms with Crippen LogP contribution in [-0.2, 0) is 0 Å². The van der Waals surface area contributed by atoms with E-state index in [-0.39, 0.29) is 0 Å². The third kappa shape index (κ3) is 1.86. The number of nitrogen functional groups attached to an aromatic ring is 1. The maximum absolute atomic E-state index is 5.43. The van der Waals surface area contributed by atoms with Crippen molar-refractivity contribution in [1.82, 2.24) is 9.97 Å². The van der Waals surface area contributed by atoms with Crippen molar-refractivity contribution in [2.75, 3.05) is 17.3 Å². The summed E-state index contributed by atoms with van der Waals surface area (Å²) in [5.74, 6) is 7.40. The number of hydrogen-bond acceptors (Lipinski definition) is 6. The molecule has 1 saturated carbocycles. The van der Waals surface area contributed by atoms with Gasteiger partial charge in [-0.15, -0.1) is 11.3 Å². The van der Waals surface area contributed by atoms with Crippen LogP contribution in [0, 0.1) is 16.7 Å². The fraction of sp³-hybridized carbons (Fsp3) is 0.571. The molecule has 6 heteroatoms. The zero-order valence-electron chi connectivity index (χ0n) is 12.3. The quantitative estimate of drug-likeness (QED) is 0.596. The normalized spacial score (nSPS) is 20.1. The van der Waals surface area contributed by atoms with E-state index in [9.17, 15) is 0 Å². The number of aromatic nitrogens is 2. The number of nitrogens with two attached hydrogens (primary N) is 1. The highest BCUT2D eigenvalue weighted by molar-refractivity contribution is 7.16. The van der Waals surface area contributed by atoms with Gasteiger partial charge in [0, 0.05) is 6.54 Å². The Morgan fingerprint density at radius 3 is 2.55 bits per heavy atom. The van der Waals surface area contributed by atoms with E-state index in [1.54, 1.807) is 11.3 Å². The second-order valence-electron chi connectivity index (χ2n) is 6.56. The van der Waals surface area contributed by atoms with Crippen molar-refractivity contribution >= 4 is 33.3 Å². The van der Waals surface area contributed by atoms with Crippen LogP contribution in [0.15, 0.2) is 11.4 Å².